The lowest BCUT2D eigenvalue weighted by Gasteiger charge is -1.94. The highest BCUT2D eigenvalue weighted by Crippen LogP contribution is 2.00. The second-order valence-corrected chi connectivity index (χ2v) is 2.45. The van der Waals surface area contributed by atoms with Crippen molar-refractivity contribution in [2.24, 2.45) is 21.7 Å². The predicted molar refractivity (Wildman–Crippen MR) is 54.4 cm³/mol. The molecule has 0 atom stereocenters. The number of benzene rings is 1. The zero-order valence-corrected chi connectivity index (χ0v) is 7.38. The molecule has 1 aromatic carbocycles. The van der Waals surface area contributed by atoms with Crippen LogP contribution in [0.3, 0.4) is 0 Å². The summed E-state index contributed by atoms with van der Waals surface area (Å²) < 4.78 is 0. The van der Waals surface area contributed by atoms with E-state index in [2.05, 4.69) is 10.2 Å². The molecule has 0 amide bonds. The number of hydrogen-bond donors (Lipinski definition) is 2. The van der Waals surface area contributed by atoms with Crippen molar-refractivity contribution >= 4 is 11.7 Å². The molecule has 0 fully saturated rings. The molecule has 0 heterocycles. The quantitative estimate of drug-likeness (QED) is 0.392. The smallest absolute Gasteiger partial charge is 0.211 e. The van der Waals surface area contributed by atoms with E-state index in [0.29, 0.717) is 5.56 Å². The standard InChI is InChI=1S/C9H9N5/c10-6-8(13-14-9(11)12)7-4-2-1-3-5-7/h1-5H,(H4,11,12,14)/b13-8+. The molecule has 0 saturated heterocycles. The Labute approximate surface area is 81.4 Å². The van der Waals surface area contributed by atoms with E-state index in [1.807, 2.05) is 12.1 Å². The van der Waals surface area contributed by atoms with E-state index in [0.717, 1.165) is 0 Å². The van der Waals surface area contributed by atoms with Gasteiger partial charge in [-0.25, -0.2) is 0 Å². The van der Waals surface area contributed by atoms with E-state index in [1.54, 1.807) is 24.3 Å². The summed E-state index contributed by atoms with van der Waals surface area (Å²) in [7, 11) is 0. The third-order valence-corrected chi connectivity index (χ3v) is 1.42. The highest BCUT2D eigenvalue weighted by molar-refractivity contribution is 6.11. The SMILES string of the molecule is N#C/C(=N\N=C(N)N)c1ccccc1. The molecular weight excluding hydrogens is 178 g/mol. The highest BCUT2D eigenvalue weighted by atomic mass is 15.3. The minimum atomic E-state index is -0.173. The summed E-state index contributed by atoms with van der Waals surface area (Å²) in [6.07, 6.45) is 0. The zero-order valence-electron chi connectivity index (χ0n) is 7.38. The normalized spacial score (nSPS) is 10.4. The molecule has 4 N–H and O–H groups in total. The lowest BCUT2D eigenvalue weighted by Crippen LogP contribution is -2.22. The molecule has 0 saturated carbocycles. The minimum Gasteiger partial charge on any atom is -0.369 e. The highest BCUT2D eigenvalue weighted by Gasteiger charge is 1.99. The van der Waals surface area contributed by atoms with Gasteiger partial charge in [-0.2, -0.15) is 5.26 Å². The summed E-state index contributed by atoms with van der Waals surface area (Å²) in [6.45, 7) is 0. The summed E-state index contributed by atoms with van der Waals surface area (Å²) >= 11 is 0. The van der Waals surface area contributed by atoms with Crippen LogP contribution in [0, 0.1) is 11.3 Å². The maximum absolute atomic E-state index is 8.76. The van der Waals surface area contributed by atoms with Crippen LogP contribution in [0.1, 0.15) is 5.56 Å². The Bertz CT molecular complexity index is 395. The number of nitrogens with zero attached hydrogens (tertiary/aromatic N) is 3. The van der Waals surface area contributed by atoms with Crippen LogP contribution < -0.4 is 11.5 Å². The molecule has 70 valence electrons. The zero-order chi connectivity index (χ0) is 10.4. The Morgan fingerprint density at radius 3 is 2.29 bits per heavy atom. The Morgan fingerprint density at radius 2 is 1.79 bits per heavy atom. The fraction of sp³-hybridized carbons (Fsp3) is 0. The van der Waals surface area contributed by atoms with E-state index in [1.165, 1.54) is 0 Å². The molecule has 0 aromatic heterocycles. The number of guanidine groups is 1. The first kappa shape index (κ1) is 9.74. The average molecular weight is 187 g/mol. The molecular formula is C9H9N5. The van der Waals surface area contributed by atoms with Crippen LogP contribution in [0.5, 0.6) is 0 Å². The van der Waals surface area contributed by atoms with E-state index in [-0.39, 0.29) is 11.7 Å². The summed E-state index contributed by atoms with van der Waals surface area (Å²) in [4.78, 5) is 0. The molecule has 1 aromatic rings. The molecule has 1 rings (SSSR count). The van der Waals surface area contributed by atoms with Crippen molar-refractivity contribution in [3.8, 4) is 6.07 Å². The van der Waals surface area contributed by atoms with E-state index >= 15 is 0 Å². The molecule has 0 aliphatic heterocycles. The van der Waals surface area contributed by atoms with Crippen LogP contribution in [0.15, 0.2) is 40.5 Å². The maximum atomic E-state index is 8.76. The molecule has 0 bridgehead atoms. The fourth-order valence-electron chi connectivity index (χ4n) is 0.848. The van der Waals surface area contributed by atoms with Crippen molar-refractivity contribution in [1.82, 2.24) is 0 Å². The summed E-state index contributed by atoms with van der Waals surface area (Å²) in [5.74, 6) is -0.173. The largest absolute Gasteiger partial charge is 0.369 e. The van der Waals surface area contributed by atoms with Gasteiger partial charge in [0, 0.05) is 5.56 Å². The van der Waals surface area contributed by atoms with Gasteiger partial charge < -0.3 is 11.5 Å². The first-order valence-electron chi connectivity index (χ1n) is 3.86. The third kappa shape index (κ3) is 2.60. The number of rotatable bonds is 2. The molecule has 5 nitrogen and oxygen atoms in total. The van der Waals surface area contributed by atoms with E-state index in [9.17, 15) is 0 Å². The Hall–Kier alpha value is -2.35. The molecule has 0 aliphatic rings. The van der Waals surface area contributed by atoms with Gasteiger partial charge in [-0.15, -0.1) is 10.2 Å². The van der Waals surface area contributed by atoms with Crippen molar-refractivity contribution in [3.63, 3.8) is 0 Å². The third-order valence-electron chi connectivity index (χ3n) is 1.42. The maximum Gasteiger partial charge on any atom is 0.211 e. The Morgan fingerprint density at radius 1 is 1.14 bits per heavy atom. The van der Waals surface area contributed by atoms with Crippen LogP contribution in [-0.4, -0.2) is 11.7 Å². The molecule has 14 heavy (non-hydrogen) atoms. The number of nitrogens with two attached hydrogens (primary N) is 2. The summed E-state index contributed by atoms with van der Waals surface area (Å²) in [5.41, 5.74) is 11.0. The topological polar surface area (TPSA) is 101 Å². The van der Waals surface area contributed by atoms with Crippen LogP contribution in [0.4, 0.5) is 0 Å². The minimum absolute atomic E-state index is 0.173. The van der Waals surface area contributed by atoms with Gasteiger partial charge in [0.1, 0.15) is 6.07 Å². The van der Waals surface area contributed by atoms with Crippen LogP contribution in [0.2, 0.25) is 0 Å². The summed E-state index contributed by atoms with van der Waals surface area (Å²) in [6, 6.07) is 10.9. The van der Waals surface area contributed by atoms with E-state index < -0.39 is 0 Å². The predicted octanol–water partition coefficient (Wildman–Crippen LogP) is 0.188. The molecule has 0 unspecified atom stereocenters. The Kier molecular flexibility index (Phi) is 3.21. The number of nitriles is 1. The molecule has 5 heteroatoms. The first-order valence-corrected chi connectivity index (χ1v) is 3.86. The second kappa shape index (κ2) is 4.62. The van der Waals surface area contributed by atoms with Gasteiger partial charge in [0.05, 0.1) is 0 Å². The van der Waals surface area contributed by atoms with Gasteiger partial charge in [0.15, 0.2) is 5.71 Å². The van der Waals surface area contributed by atoms with Gasteiger partial charge in [0.2, 0.25) is 5.96 Å². The first-order chi connectivity index (χ1) is 6.74. The van der Waals surface area contributed by atoms with Crippen molar-refractivity contribution in [1.29, 1.82) is 5.26 Å². The van der Waals surface area contributed by atoms with Crippen molar-refractivity contribution in [2.45, 2.75) is 0 Å². The van der Waals surface area contributed by atoms with Crippen molar-refractivity contribution in [2.75, 3.05) is 0 Å². The van der Waals surface area contributed by atoms with Crippen molar-refractivity contribution < 1.29 is 0 Å². The van der Waals surface area contributed by atoms with Gasteiger partial charge in [-0.1, -0.05) is 30.3 Å². The van der Waals surface area contributed by atoms with Gasteiger partial charge in [-0.3, -0.25) is 0 Å². The second-order valence-electron chi connectivity index (χ2n) is 2.45. The molecule has 0 aliphatic carbocycles. The lowest BCUT2D eigenvalue weighted by molar-refractivity contribution is 1.20. The fourth-order valence-corrected chi connectivity index (χ4v) is 0.848. The number of hydrogen-bond acceptors (Lipinski definition) is 3. The monoisotopic (exact) mass is 187 g/mol. The Balaban J connectivity index is 3.01. The van der Waals surface area contributed by atoms with Crippen molar-refractivity contribution in [3.05, 3.63) is 35.9 Å². The van der Waals surface area contributed by atoms with E-state index in [4.69, 9.17) is 16.7 Å². The van der Waals surface area contributed by atoms with Crippen LogP contribution >= 0.6 is 0 Å². The molecule has 0 spiro atoms. The molecule has 0 radical (unpaired) electrons. The summed E-state index contributed by atoms with van der Waals surface area (Å²) in [5, 5.41) is 15.8. The lowest BCUT2D eigenvalue weighted by atomic mass is 10.1. The van der Waals surface area contributed by atoms with Gasteiger partial charge in [0.25, 0.3) is 0 Å². The van der Waals surface area contributed by atoms with Crippen LogP contribution in [0.25, 0.3) is 0 Å². The van der Waals surface area contributed by atoms with Gasteiger partial charge in [-0.05, 0) is 0 Å². The van der Waals surface area contributed by atoms with Crippen LogP contribution in [-0.2, 0) is 0 Å². The average Bonchev–Trinajstić information content (AvgIpc) is 2.20. The van der Waals surface area contributed by atoms with Gasteiger partial charge >= 0.3 is 0 Å².